The lowest BCUT2D eigenvalue weighted by molar-refractivity contribution is -0.132. The van der Waals surface area contributed by atoms with Crippen molar-refractivity contribution in [2.45, 2.75) is 32.4 Å². The number of carbonyl (C=O) groups is 1. The van der Waals surface area contributed by atoms with E-state index in [0.717, 1.165) is 13.1 Å². The van der Waals surface area contributed by atoms with Gasteiger partial charge in [0.1, 0.15) is 6.04 Å². The third kappa shape index (κ3) is 2.19. The van der Waals surface area contributed by atoms with Crippen molar-refractivity contribution >= 4 is 5.91 Å². The maximum absolute atomic E-state index is 11.6. The molecule has 3 N–H and O–H groups in total. The molecule has 1 unspecified atom stereocenters. The van der Waals surface area contributed by atoms with Crippen LogP contribution in [0.15, 0.2) is 0 Å². The van der Waals surface area contributed by atoms with Crippen molar-refractivity contribution < 1.29 is 4.79 Å². The van der Waals surface area contributed by atoms with Crippen LogP contribution >= 0.6 is 0 Å². The number of rotatable bonds is 2. The van der Waals surface area contributed by atoms with Crippen LogP contribution in [-0.4, -0.2) is 42.0 Å². The van der Waals surface area contributed by atoms with E-state index in [0.29, 0.717) is 6.54 Å². The highest BCUT2D eigenvalue weighted by molar-refractivity contribution is 5.83. The van der Waals surface area contributed by atoms with E-state index < -0.39 is 0 Å². The molecule has 0 aromatic rings. The number of piperazine rings is 1. The summed E-state index contributed by atoms with van der Waals surface area (Å²) >= 11 is 0. The predicted molar refractivity (Wildman–Crippen MR) is 52.3 cm³/mol. The van der Waals surface area contributed by atoms with E-state index in [4.69, 9.17) is 5.73 Å². The van der Waals surface area contributed by atoms with Crippen LogP contribution in [0.1, 0.15) is 20.8 Å². The Kier molecular flexibility index (Phi) is 2.93. The Bertz CT molecular complexity index is 203. The lowest BCUT2D eigenvalue weighted by Crippen LogP contribution is -2.66. The van der Waals surface area contributed by atoms with Gasteiger partial charge in [-0.2, -0.15) is 0 Å². The molecule has 0 saturated carbocycles. The Morgan fingerprint density at radius 3 is 2.77 bits per heavy atom. The largest absolute Gasteiger partial charge is 0.349 e. The zero-order chi connectivity index (χ0) is 10.1. The number of nitrogens with two attached hydrogens (primary N) is 1. The smallest absolute Gasteiger partial charge is 0.239 e. The van der Waals surface area contributed by atoms with E-state index >= 15 is 0 Å². The van der Waals surface area contributed by atoms with Gasteiger partial charge in [0.15, 0.2) is 0 Å². The first-order chi connectivity index (χ1) is 6.00. The fourth-order valence-electron chi connectivity index (χ4n) is 1.83. The van der Waals surface area contributed by atoms with Gasteiger partial charge in [0.25, 0.3) is 0 Å². The normalized spacial score (nSPS) is 28.6. The van der Waals surface area contributed by atoms with Crippen molar-refractivity contribution in [3.05, 3.63) is 0 Å². The Labute approximate surface area is 79.5 Å². The average Bonchev–Trinajstić information content (AvgIpc) is 2.01. The molecule has 0 aromatic carbocycles. The van der Waals surface area contributed by atoms with Crippen LogP contribution in [0.2, 0.25) is 0 Å². The van der Waals surface area contributed by atoms with Gasteiger partial charge in [0, 0.05) is 18.6 Å². The number of hydrogen-bond donors (Lipinski definition) is 2. The molecule has 1 aliphatic rings. The van der Waals surface area contributed by atoms with Crippen LogP contribution in [-0.2, 0) is 4.79 Å². The molecule has 13 heavy (non-hydrogen) atoms. The van der Waals surface area contributed by atoms with Crippen molar-refractivity contribution in [3.63, 3.8) is 0 Å². The molecule has 1 rings (SSSR count). The minimum atomic E-state index is -0.141. The zero-order valence-corrected chi connectivity index (χ0v) is 8.63. The van der Waals surface area contributed by atoms with Gasteiger partial charge in [0.05, 0.1) is 0 Å². The number of nitrogens with zero attached hydrogens (tertiary/aromatic N) is 1. The number of nitrogens with one attached hydrogen (secondary N) is 1. The second-order valence-corrected chi connectivity index (χ2v) is 4.19. The van der Waals surface area contributed by atoms with Crippen LogP contribution in [0, 0.1) is 0 Å². The van der Waals surface area contributed by atoms with E-state index in [1.165, 1.54) is 0 Å². The molecule has 1 atom stereocenters. The summed E-state index contributed by atoms with van der Waals surface area (Å²) < 4.78 is 0. The van der Waals surface area contributed by atoms with Gasteiger partial charge in [-0.1, -0.05) is 6.92 Å². The molecular weight excluding hydrogens is 166 g/mol. The quantitative estimate of drug-likeness (QED) is 0.612. The fraction of sp³-hybridized carbons (Fsp3) is 0.889. The van der Waals surface area contributed by atoms with Crippen molar-refractivity contribution in [2.75, 3.05) is 19.6 Å². The summed E-state index contributed by atoms with van der Waals surface area (Å²) in [5.41, 5.74) is 5.42. The second kappa shape index (κ2) is 3.64. The molecule has 1 saturated heterocycles. The number of hydrogen-bond acceptors (Lipinski definition) is 3. The highest BCUT2D eigenvalue weighted by Gasteiger charge is 2.36. The third-order valence-corrected chi connectivity index (χ3v) is 2.43. The average molecular weight is 185 g/mol. The highest BCUT2D eigenvalue weighted by Crippen LogP contribution is 2.14. The van der Waals surface area contributed by atoms with Gasteiger partial charge in [-0.3, -0.25) is 9.69 Å². The molecule has 4 nitrogen and oxygen atoms in total. The van der Waals surface area contributed by atoms with Crippen LogP contribution in [0.3, 0.4) is 0 Å². The summed E-state index contributed by atoms with van der Waals surface area (Å²) in [6.45, 7) is 8.25. The standard InChI is InChI=1S/C9H19N3O/c1-4-12-6-9(2,3)11-8(13)7(12)5-10/h7H,4-6,10H2,1-3H3,(H,11,13). The fourth-order valence-corrected chi connectivity index (χ4v) is 1.83. The van der Waals surface area contributed by atoms with Gasteiger partial charge in [0.2, 0.25) is 5.91 Å². The van der Waals surface area contributed by atoms with Gasteiger partial charge in [-0.05, 0) is 20.4 Å². The van der Waals surface area contributed by atoms with Crippen LogP contribution < -0.4 is 11.1 Å². The molecule has 0 spiro atoms. The van der Waals surface area contributed by atoms with Crippen molar-refractivity contribution in [1.29, 1.82) is 0 Å². The van der Waals surface area contributed by atoms with Crippen molar-refractivity contribution in [3.8, 4) is 0 Å². The topological polar surface area (TPSA) is 58.4 Å². The monoisotopic (exact) mass is 185 g/mol. The lowest BCUT2D eigenvalue weighted by atomic mass is 9.98. The Morgan fingerprint density at radius 2 is 2.31 bits per heavy atom. The summed E-state index contributed by atoms with van der Waals surface area (Å²) in [5, 5.41) is 2.96. The van der Waals surface area contributed by atoms with E-state index in [2.05, 4.69) is 17.1 Å². The van der Waals surface area contributed by atoms with Crippen LogP contribution in [0.4, 0.5) is 0 Å². The van der Waals surface area contributed by atoms with Gasteiger partial charge in [-0.15, -0.1) is 0 Å². The summed E-state index contributed by atoms with van der Waals surface area (Å²) in [7, 11) is 0. The lowest BCUT2D eigenvalue weighted by Gasteiger charge is -2.42. The molecule has 0 bridgehead atoms. The number of carbonyl (C=O) groups excluding carboxylic acids is 1. The number of likely N-dealkylation sites (N-methyl/N-ethyl adjacent to an activating group) is 1. The molecular formula is C9H19N3O. The molecule has 1 aliphatic heterocycles. The van der Waals surface area contributed by atoms with E-state index in [-0.39, 0.29) is 17.5 Å². The maximum atomic E-state index is 11.6. The molecule has 0 aliphatic carbocycles. The minimum Gasteiger partial charge on any atom is -0.349 e. The first-order valence-corrected chi connectivity index (χ1v) is 4.76. The first kappa shape index (κ1) is 10.5. The summed E-state index contributed by atoms with van der Waals surface area (Å²) in [4.78, 5) is 13.7. The van der Waals surface area contributed by atoms with Gasteiger partial charge in [-0.25, -0.2) is 0 Å². The first-order valence-electron chi connectivity index (χ1n) is 4.76. The summed E-state index contributed by atoms with van der Waals surface area (Å²) in [6, 6.07) is -0.141. The minimum absolute atomic E-state index is 0.0561. The SMILES string of the molecule is CCN1CC(C)(C)NC(=O)C1CN. The number of amides is 1. The second-order valence-electron chi connectivity index (χ2n) is 4.19. The summed E-state index contributed by atoms with van der Waals surface area (Å²) in [5.74, 6) is 0.0561. The molecule has 76 valence electrons. The highest BCUT2D eigenvalue weighted by atomic mass is 16.2. The maximum Gasteiger partial charge on any atom is 0.239 e. The Hall–Kier alpha value is -0.610. The summed E-state index contributed by atoms with van der Waals surface area (Å²) in [6.07, 6.45) is 0. The van der Waals surface area contributed by atoms with Gasteiger partial charge >= 0.3 is 0 Å². The van der Waals surface area contributed by atoms with Gasteiger partial charge < -0.3 is 11.1 Å². The molecule has 4 heteroatoms. The molecule has 1 fully saturated rings. The van der Waals surface area contributed by atoms with Crippen LogP contribution in [0.5, 0.6) is 0 Å². The molecule has 1 amide bonds. The molecule has 0 radical (unpaired) electrons. The van der Waals surface area contributed by atoms with Crippen molar-refractivity contribution in [2.24, 2.45) is 5.73 Å². The third-order valence-electron chi connectivity index (χ3n) is 2.43. The molecule has 1 heterocycles. The van der Waals surface area contributed by atoms with E-state index in [1.807, 2.05) is 13.8 Å². The Balaban J connectivity index is 2.74. The zero-order valence-electron chi connectivity index (χ0n) is 8.63. The van der Waals surface area contributed by atoms with Crippen molar-refractivity contribution in [1.82, 2.24) is 10.2 Å². The molecule has 0 aromatic heterocycles. The predicted octanol–water partition coefficient (Wildman–Crippen LogP) is -0.456. The van der Waals surface area contributed by atoms with E-state index in [9.17, 15) is 4.79 Å². The van der Waals surface area contributed by atoms with Crippen LogP contribution in [0.25, 0.3) is 0 Å². The van der Waals surface area contributed by atoms with E-state index in [1.54, 1.807) is 0 Å². The Morgan fingerprint density at radius 1 is 1.69 bits per heavy atom.